The second-order valence-electron chi connectivity index (χ2n) is 18.2. The molecule has 91 heavy (non-hydrogen) atoms. The zero-order valence-corrected chi connectivity index (χ0v) is 48.1. The molecule has 0 unspecified atom stereocenters. The third kappa shape index (κ3) is 20.3. The first kappa shape index (κ1) is 71.5. The van der Waals surface area contributed by atoms with Crippen LogP contribution in [0.25, 0.3) is 0 Å². The maximum atomic E-state index is 14.0. The SMILES string of the molecule is C.CCONC(=O)c1ccc(C#N)nc1Nc1ccc(C)cc1F.COC(=O)c1cc(F)c(C#N)nc1Nc1ccc(C)cc1F.Cc1ccc(Nc2nc(C#N)c(F)cc2C(=O)O)c(F)c1.Cc1ccc(Nc2nc(C#N)ccc2C(=O)NOCCO)c(F)c1. The number of nitriles is 4. The number of nitrogens with zero attached hydrogens (tertiary/aromatic N) is 8. The van der Waals surface area contributed by atoms with E-state index >= 15 is 0 Å². The Hall–Kier alpha value is -12.0. The standard InChI is InChI=1S/C16H15FN4O3.C16H15FN4O2.C15H11F2N3O2.C14H9F2N3O2.CH4/c1-10-2-5-14(13(17)8-10)20-15-12(4-3-11(9-18)19-15)16(23)21-24-7-6-22;1-3-23-21-16(22)12-6-5-11(9-18)19-15(12)20-14-7-4-10(2)8-13(14)17;1-8-3-4-12(10(16)5-8)19-14-9(15(21)22-2)6-11(17)13(7-18)20-14;1-7-2-3-11(9(15)4-7)18-13-8(14(20)21)5-10(16)12(6-17)19-13;/h2-5,8,22H,6-7H2,1H3,(H,19,20)(H,21,23);4-8H,3H2,1-2H3,(H,19,20)(H,21,22);3-6H,1-2H3,(H,19,20);2-5H,1H3,(H,18,19)(H,20,21);1H4. The van der Waals surface area contributed by atoms with Crippen molar-refractivity contribution in [3.63, 3.8) is 0 Å². The smallest absolute Gasteiger partial charge is 0.341 e. The molecule has 8 N–H and O–H groups in total. The summed E-state index contributed by atoms with van der Waals surface area (Å²) in [6, 6.07) is 31.6. The number of aromatic nitrogens is 4. The number of amides is 2. The van der Waals surface area contributed by atoms with E-state index in [2.05, 4.69) is 56.9 Å². The number of aliphatic hydroxyl groups excluding tert-OH is 1. The van der Waals surface area contributed by atoms with E-state index in [0.29, 0.717) is 23.8 Å². The molecule has 0 aliphatic rings. The molecule has 8 aromatic rings. The van der Waals surface area contributed by atoms with Gasteiger partial charge in [-0.1, -0.05) is 31.7 Å². The number of carbonyl (C=O) groups is 4. The number of carboxylic acid groups (broad SMARTS) is 1. The highest BCUT2D eigenvalue weighted by atomic mass is 19.1. The molecule has 0 fully saturated rings. The number of halogens is 6. The van der Waals surface area contributed by atoms with Gasteiger partial charge in [-0.2, -0.15) is 21.0 Å². The van der Waals surface area contributed by atoms with E-state index in [1.165, 1.54) is 78.9 Å². The average molecular weight is 1250 g/mol. The molecule has 0 saturated heterocycles. The second kappa shape index (κ2) is 34.4. The summed E-state index contributed by atoms with van der Waals surface area (Å²) in [4.78, 5) is 71.8. The lowest BCUT2D eigenvalue weighted by atomic mass is 10.2. The number of hydrogen-bond acceptors (Lipinski definition) is 20. The topological polar surface area (TPSA) is 355 Å². The molecule has 0 saturated carbocycles. The lowest BCUT2D eigenvalue weighted by Crippen LogP contribution is -2.26. The van der Waals surface area contributed by atoms with Crippen molar-refractivity contribution >= 4 is 69.8 Å². The number of ether oxygens (including phenoxy) is 1. The Morgan fingerprint density at radius 2 is 0.813 bits per heavy atom. The number of hydroxylamine groups is 2. The Balaban J connectivity index is 0.000000258. The van der Waals surface area contributed by atoms with Crippen molar-refractivity contribution in [2.75, 3.05) is 48.2 Å². The fraction of sp³-hybridized carbons (Fsp3) is 0.161. The molecule has 0 aliphatic heterocycles. The van der Waals surface area contributed by atoms with Crippen LogP contribution in [0.15, 0.2) is 109 Å². The fourth-order valence-corrected chi connectivity index (χ4v) is 7.16. The van der Waals surface area contributed by atoms with Crippen molar-refractivity contribution in [1.82, 2.24) is 30.9 Å². The molecule has 0 atom stereocenters. The van der Waals surface area contributed by atoms with Gasteiger partial charge in [0.15, 0.2) is 23.0 Å². The second-order valence-corrected chi connectivity index (χ2v) is 18.2. The van der Waals surface area contributed by atoms with Crippen molar-refractivity contribution in [3.8, 4) is 24.3 Å². The van der Waals surface area contributed by atoms with E-state index in [4.69, 9.17) is 40.9 Å². The number of nitrogens with one attached hydrogen (secondary N) is 6. The number of esters is 1. The van der Waals surface area contributed by atoms with Crippen LogP contribution in [0.5, 0.6) is 0 Å². The maximum absolute atomic E-state index is 14.0. The highest BCUT2D eigenvalue weighted by Crippen LogP contribution is 2.28. The molecule has 468 valence electrons. The number of carbonyl (C=O) groups excluding carboxylic acids is 3. The van der Waals surface area contributed by atoms with E-state index in [1.54, 1.807) is 65.0 Å². The molecule has 2 amide bonds. The van der Waals surface area contributed by atoms with Crippen molar-refractivity contribution in [2.24, 2.45) is 0 Å². The zero-order valence-electron chi connectivity index (χ0n) is 48.1. The minimum absolute atomic E-state index is 0. The molecule has 0 bridgehead atoms. The van der Waals surface area contributed by atoms with Crippen LogP contribution in [-0.4, -0.2) is 80.8 Å². The van der Waals surface area contributed by atoms with Gasteiger partial charge in [-0.15, -0.1) is 0 Å². The molecule has 8 rings (SSSR count). The minimum atomic E-state index is -1.44. The number of methoxy groups -OCH3 is 1. The van der Waals surface area contributed by atoms with E-state index in [1.807, 2.05) is 12.1 Å². The van der Waals surface area contributed by atoms with Crippen LogP contribution in [0.1, 0.15) is 101 Å². The van der Waals surface area contributed by atoms with Gasteiger partial charge >= 0.3 is 11.9 Å². The minimum Gasteiger partial charge on any atom is -0.478 e. The largest absolute Gasteiger partial charge is 0.478 e. The molecule has 4 aromatic heterocycles. The molecule has 4 heterocycles. The molecular formula is C62H54F6N14O9. The number of benzene rings is 4. The van der Waals surface area contributed by atoms with Crippen molar-refractivity contribution in [2.45, 2.75) is 42.0 Å². The van der Waals surface area contributed by atoms with Crippen molar-refractivity contribution in [1.29, 1.82) is 21.0 Å². The molecule has 0 aliphatic carbocycles. The first-order chi connectivity index (χ1) is 43.0. The number of carboxylic acids is 1. The molecule has 4 aromatic carbocycles. The first-order valence-corrected chi connectivity index (χ1v) is 25.9. The summed E-state index contributed by atoms with van der Waals surface area (Å²) >= 11 is 0. The average Bonchev–Trinajstić information content (AvgIpc) is 1.04. The highest BCUT2D eigenvalue weighted by Gasteiger charge is 2.22. The van der Waals surface area contributed by atoms with E-state index in [0.717, 1.165) is 24.3 Å². The number of hydrogen-bond donors (Lipinski definition) is 8. The third-order valence-electron chi connectivity index (χ3n) is 11.5. The van der Waals surface area contributed by atoms with Crippen LogP contribution < -0.4 is 32.2 Å². The van der Waals surface area contributed by atoms with Gasteiger partial charge in [0.05, 0.1) is 60.8 Å². The lowest BCUT2D eigenvalue weighted by molar-refractivity contribution is 0.0168. The van der Waals surface area contributed by atoms with Gasteiger partial charge in [0, 0.05) is 0 Å². The predicted molar refractivity (Wildman–Crippen MR) is 318 cm³/mol. The van der Waals surface area contributed by atoms with E-state index in [-0.39, 0.29) is 94.7 Å². The van der Waals surface area contributed by atoms with Crippen LogP contribution in [-0.2, 0) is 14.4 Å². The summed E-state index contributed by atoms with van der Waals surface area (Å²) in [7, 11) is 1.12. The summed E-state index contributed by atoms with van der Waals surface area (Å²) < 4.78 is 87.1. The summed E-state index contributed by atoms with van der Waals surface area (Å²) in [6.45, 7) is 8.61. The molecular weight excluding hydrogens is 1200 g/mol. The Labute approximate surface area is 516 Å². The van der Waals surface area contributed by atoms with Gasteiger partial charge in [0.2, 0.25) is 0 Å². The molecule has 23 nitrogen and oxygen atoms in total. The monoisotopic (exact) mass is 1250 g/mol. The lowest BCUT2D eigenvalue weighted by Gasteiger charge is -2.12. The van der Waals surface area contributed by atoms with Crippen molar-refractivity contribution < 1.29 is 70.1 Å². The summed E-state index contributed by atoms with van der Waals surface area (Å²) in [6.07, 6.45) is 0. The number of aliphatic hydroxyl groups is 1. The highest BCUT2D eigenvalue weighted by molar-refractivity contribution is 6.00. The van der Waals surface area contributed by atoms with Gasteiger partial charge in [-0.05, 0) is 142 Å². The van der Waals surface area contributed by atoms with E-state index < -0.39 is 75.6 Å². The van der Waals surface area contributed by atoms with Crippen molar-refractivity contribution in [3.05, 3.63) is 211 Å². The maximum Gasteiger partial charge on any atom is 0.341 e. The number of aromatic carboxylic acids is 1. The summed E-state index contributed by atoms with van der Waals surface area (Å²) in [5.41, 5.74) is 6.12. The van der Waals surface area contributed by atoms with E-state index in [9.17, 15) is 45.5 Å². The van der Waals surface area contributed by atoms with Crippen LogP contribution in [0.3, 0.4) is 0 Å². The number of anilines is 8. The predicted octanol–water partition coefficient (Wildman–Crippen LogP) is 11.3. The van der Waals surface area contributed by atoms with Gasteiger partial charge in [0.1, 0.15) is 93.3 Å². The van der Waals surface area contributed by atoms with Gasteiger partial charge in [-0.25, -0.2) is 66.8 Å². The first-order valence-electron chi connectivity index (χ1n) is 25.9. The quantitative estimate of drug-likeness (QED) is 0.0182. The Morgan fingerprint density at radius 3 is 1.12 bits per heavy atom. The number of pyridine rings is 4. The van der Waals surface area contributed by atoms with Crippen LogP contribution in [0.4, 0.5) is 72.4 Å². The molecule has 0 spiro atoms. The van der Waals surface area contributed by atoms with Crippen LogP contribution in [0.2, 0.25) is 0 Å². The number of rotatable bonds is 17. The Bertz CT molecular complexity index is 4170. The third-order valence-corrected chi connectivity index (χ3v) is 11.5. The normalized spacial score (nSPS) is 9.90. The fourth-order valence-electron chi connectivity index (χ4n) is 7.16. The van der Waals surface area contributed by atoms with Gasteiger partial charge in [-0.3, -0.25) is 19.3 Å². The molecule has 29 heteroatoms. The number of aryl methyl sites for hydroxylation is 4. The van der Waals surface area contributed by atoms with Crippen LogP contribution in [0, 0.1) is 108 Å². The van der Waals surface area contributed by atoms with Crippen LogP contribution >= 0.6 is 0 Å². The molecule has 0 radical (unpaired) electrons. The van der Waals surface area contributed by atoms with Gasteiger partial charge in [0.25, 0.3) is 11.8 Å². The summed E-state index contributed by atoms with van der Waals surface area (Å²) in [5, 5.41) is 63.6. The van der Waals surface area contributed by atoms with Gasteiger partial charge < -0.3 is 36.2 Å². The summed E-state index contributed by atoms with van der Waals surface area (Å²) in [5.74, 6) is -8.05. The Kier molecular flexibility index (Phi) is 27.0. The zero-order chi connectivity index (χ0) is 66.2. The Morgan fingerprint density at radius 1 is 0.473 bits per heavy atom.